The first-order valence-electron chi connectivity index (χ1n) is 11.8. The maximum Gasteiger partial charge on any atom is 0.416 e. The van der Waals surface area contributed by atoms with E-state index in [9.17, 15) is 22.8 Å². The van der Waals surface area contributed by atoms with Crippen molar-refractivity contribution < 1.29 is 37.0 Å². The maximum atomic E-state index is 13.1. The Kier molecular flexibility index (Phi) is 6.59. The molecular formula is C25H25F3N4O5. The van der Waals surface area contributed by atoms with E-state index in [2.05, 4.69) is 10.3 Å². The van der Waals surface area contributed by atoms with E-state index >= 15 is 0 Å². The van der Waals surface area contributed by atoms with Crippen LogP contribution >= 0.6 is 0 Å². The number of aromatic nitrogens is 1. The van der Waals surface area contributed by atoms with Gasteiger partial charge in [0.25, 0.3) is 0 Å². The van der Waals surface area contributed by atoms with Crippen LogP contribution in [-0.2, 0) is 15.7 Å². The fourth-order valence-electron chi connectivity index (χ4n) is 4.50. The molecule has 0 radical (unpaired) electrons. The summed E-state index contributed by atoms with van der Waals surface area (Å²) in [4.78, 5) is 32.3. The largest absolute Gasteiger partial charge is 0.461 e. The molecule has 0 unspecified atom stereocenters. The van der Waals surface area contributed by atoms with Crippen molar-refractivity contribution in [1.29, 1.82) is 0 Å². The van der Waals surface area contributed by atoms with Crippen LogP contribution in [0.25, 0.3) is 10.9 Å². The number of piperazine rings is 1. The first-order chi connectivity index (χ1) is 17.7. The summed E-state index contributed by atoms with van der Waals surface area (Å²) in [5.74, 6) is 0.0890. The van der Waals surface area contributed by atoms with Crippen molar-refractivity contribution >= 4 is 34.2 Å². The molecule has 2 N–H and O–H groups in total. The van der Waals surface area contributed by atoms with Crippen molar-refractivity contribution in [2.45, 2.75) is 13.1 Å². The Hall–Kier alpha value is -3.93. The number of carbonyl (C=O) groups is 2. The Bertz CT molecular complexity index is 1330. The first kappa shape index (κ1) is 24.8. The third kappa shape index (κ3) is 5.15. The third-order valence-electron chi connectivity index (χ3n) is 6.31. The summed E-state index contributed by atoms with van der Waals surface area (Å²) in [5, 5.41) is 3.41. The zero-order valence-electron chi connectivity index (χ0n) is 20.0. The monoisotopic (exact) mass is 518 g/mol. The van der Waals surface area contributed by atoms with Crippen LogP contribution in [0, 0.1) is 0 Å². The summed E-state index contributed by atoms with van der Waals surface area (Å²) in [7, 11) is 0. The van der Waals surface area contributed by atoms with Gasteiger partial charge in [0.15, 0.2) is 11.5 Å². The number of esters is 1. The van der Waals surface area contributed by atoms with E-state index in [0.717, 1.165) is 12.1 Å². The van der Waals surface area contributed by atoms with Crippen molar-refractivity contribution in [2.24, 2.45) is 0 Å². The molecule has 12 heteroatoms. The predicted octanol–water partition coefficient (Wildman–Crippen LogP) is 3.85. The minimum absolute atomic E-state index is 0.0515. The van der Waals surface area contributed by atoms with E-state index in [4.69, 9.17) is 14.2 Å². The Morgan fingerprint density at radius 2 is 1.81 bits per heavy atom. The van der Waals surface area contributed by atoms with Gasteiger partial charge in [0.2, 0.25) is 12.7 Å². The van der Waals surface area contributed by atoms with Crippen molar-refractivity contribution in [1.82, 2.24) is 9.88 Å². The molecule has 196 valence electrons. The summed E-state index contributed by atoms with van der Waals surface area (Å²) >= 11 is 0. The predicted molar refractivity (Wildman–Crippen MR) is 129 cm³/mol. The average molecular weight is 518 g/mol. The molecule has 1 aromatic heterocycles. The first-order valence-corrected chi connectivity index (χ1v) is 11.8. The Balaban J connectivity index is 1.27. The number of rotatable bonds is 6. The van der Waals surface area contributed by atoms with Crippen LogP contribution in [0.5, 0.6) is 11.5 Å². The van der Waals surface area contributed by atoms with E-state index in [-0.39, 0.29) is 31.5 Å². The fraction of sp³-hybridized carbons (Fsp3) is 0.360. The van der Waals surface area contributed by atoms with Crippen LogP contribution in [0.3, 0.4) is 0 Å². The summed E-state index contributed by atoms with van der Waals surface area (Å²) in [5.41, 5.74) is 0.793. The number of hydrogen-bond donors (Lipinski definition) is 2. The molecule has 2 aliphatic heterocycles. The van der Waals surface area contributed by atoms with Gasteiger partial charge in [0.05, 0.1) is 29.9 Å². The van der Waals surface area contributed by atoms with Crippen molar-refractivity contribution in [3.05, 3.63) is 47.7 Å². The van der Waals surface area contributed by atoms with Crippen molar-refractivity contribution in [3.63, 3.8) is 0 Å². The summed E-state index contributed by atoms with van der Waals surface area (Å²) in [6.07, 6.45) is -4.40. The molecule has 1 saturated heterocycles. The topological polar surface area (TPSA) is 96.1 Å². The minimum Gasteiger partial charge on any atom is -0.461 e. The number of ether oxygens (including phenoxy) is 3. The average Bonchev–Trinajstić information content (AvgIpc) is 3.47. The number of halogens is 3. The van der Waals surface area contributed by atoms with Gasteiger partial charge >= 0.3 is 12.1 Å². The van der Waals surface area contributed by atoms with Crippen LogP contribution in [0.2, 0.25) is 0 Å². The highest BCUT2D eigenvalue weighted by Crippen LogP contribution is 2.40. The lowest BCUT2D eigenvalue weighted by Crippen LogP contribution is -2.48. The summed E-state index contributed by atoms with van der Waals surface area (Å²) < 4.78 is 55.2. The number of nitrogens with zero attached hydrogens (tertiary/aromatic N) is 2. The highest BCUT2D eigenvalue weighted by molar-refractivity contribution is 6.12. The molecule has 37 heavy (non-hydrogen) atoms. The molecule has 5 rings (SSSR count). The number of nitrogens with one attached hydrogen (secondary N) is 2. The highest BCUT2D eigenvalue weighted by Gasteiger charge is 2.31. The molecule has 3 aromatic rings. The number of benzene rings is 2. The van der Waals surface area contributed by atoms with Gasteiger partial charge in [-0.25, -0.2) is 4.79 Å². The van der Waals surface area contributed by atoms with E-state index < -0.39 is 17.7 Å². The van der Waals surface area contributed by atoms with Gasteiger partial charge in [0, 0.05) is 43.3 Å². The molecule has 3 heterocycles. The lowest BCUT2D eigenvalue weighted by atomic mass is 10.1. The molecule has 2 aromatic carbocycles. The van der Waals surface area contributed by atoms with Gasteiger partial charge in [-0.2, -0.15) is 13.2 Å². The van der Waals surface area contributed by atoms with Crippen molar-refractivity contribution in [2.75, 3.05) is 56.3 Å². The van der Waals surface area contributed by atoms with E-state index in [1.165, 1.54) is 6.07 Å². The molecule has 2 aliphatic rings. The molecule has 0 saturated carbocycles. The zero-order valence-corrected chi connectivity index (χ0v) is 20.0. The quantitative estimate of drug-likeness (QED) is 0.479. The maximum absolute atomic E-state index is 13.1. The minimum atomic E-state index is -4.40. The second-order valence-electron chi connectivity index (χ2n) is 8.71. The Morgan fingerprint density at radius 1 is 1.08 bits per heavy atom. The molecule has 1 fully saturated rings. The molecule has 0 aliphatic carbocycles. The fourth-order valence-corrected chi connectivity index (χ4v) is 4.50. The number of H-pyrrole nitrogens is 1. The van der Waals surface area contributed by atoms with Gasteiger partial charge in [-0.1, -0.05) is 6.07 Å². The number of hydrogen-bond acceptors (Lipinski definition) is 7. The van der Waals surface area contributed by atoms with Crippen LogP contribution in [0.1, 0.15) is 23.0 Å². The summed E-state index contributed by atoms with van der Waals surface area (Å²) in [6.45, 7) is 3.91. The van der Waals surface area contributed by atoms with Crippen LogP contribution in [0.4, 0.5) is 24.5 Å². The molecular weight excluding hydrogens is 493 g/mol. The smallest absolute Gasteiger partial charge is 0.416 e. The Morgan fingerprint density at radius 3 is 2.51 bits per heavy atom. The van der Waals surface area contributed by atoms with Crippen LogP contribution < -0.4 is 19.7 Å². The SMILES string of the molecule is CCOC(=O)c1[nH]c2cc3c(cc2c1NC(=O)CN1CCN(c2cccc(C(F)(F)F)c2)CC1)OCO3. The second kappa shape index (κ2) is 9.85. The van der Waals surface area contributed by atoms with E-state index in [1.807, 2.05) is 9.80 Å². The Labute approximate surface area is 210 Å². The highest BCUT2D eigenvalue weighted by atomic mass is 19.4. The van der Waals surface area contributed by atoms with Crippen LogP contribution in [0.15, 0.2) is 36.4 Å². The van der Waals surface area contributed by atoms with E-state index in [0.29, 0.717) is 60.0 Å². The number of alkyl halides is 3. The zero-order chi connectivity index (χ0) is 26.2. The van der Waals surface area contributed by atoms with Gasteiger partial charge in [-0.15, -0.1) is 0 Å². The number of fused-ring (bicyclic) bond motifs is 2. The third-order valence-corrected chi connectivity index (χ3v) is 6.31. The second-order valence-corrected chi connectivity index (χ2v) is 8.71. The van der Waals surface area contributed by atoms with Gasteiger partial charge in [-0.3, -0.25) is 9.69 Å². The summed E-state index contributed by atoms with van der Waals surface area (Å²) in [6, 6.07) is 8.63. The molecule has 1 amide bonds. The standard InChI is InChI=1S/C25H25F3N4O5/c1-2-35-24(34)23-22(17-11-19-20(37-14-36-19)12-18(17)29-23)30-21(33)13-31-6-8-32(9-7-31)16-5-3-4-15(10-16)25(26,27)28/h3-5,10-12,29H,2,6-9,13-14H2,1H3,(H,30,33). The lowest BCUT2D eigenvalue weighted by Gasteiger charge is -2.36. The molecule has 0 atom stereocenters. The number of carbonyl (C=O) groups excluding carboxylic acids is 2. The van der Waals surface area contributed by atoms with Gasteiger partial charge in [-0.05, 0) is 31.2 Å². The number of amides is 1. The van der Waals surface area contributed by atoms with Crippen LogP contribution in [-0.4, -0.2) is 67.9 Å². The molecule has 0 bridgehead atoms. The molecule has 0 spiro atoms. The molecule has 9 nitrogen and oxygen atoms in total. The van der Waals surface area contributed by atoms with Gasteiger partial charge in [0.1, 0.15) is 5.69 Å². The lowest BCUT2D eigenvalue weighted by molar-refractivity contribution is -0.137. The van der Waals surface area contributed by atoms with Crippen molar-refractivity contribution in [3.8, 4) is 11.5 Å². The normalized spacial score (nSPS) is 15.7. The van der Waals surface area contributed by atoms with E-state index in [1.54, 1.807) is 25.1 Å². The number of anilines is 2. The number of aromatic amines is 1. The van der Waals surface area contributed by atoms with Gasteiger partial charge < -0.3 is 29.4 Å².